The van der Waals surface area contributed by atoms with E-state index in [1.54, 1.807) is 11.0 Å². The molecule has 0 saturated heterocycles. The van der Waals surface area contributed by atoms with Crippen LogP contribution in [0.15, 0.2) is 71.2 Å². The summed E-state index contributed by atoms with van der Waals surface area (Å²) in [7, 11) is 0. The van der Waals surface area contributed by atoms with E-state index in [-0.39, 0.29) is 31.0 Å². The second kappa shape index (κ2) is 14.0. The maximum Gasteiger partial charge on any atom is 0.261 e. The van der Waals surface area contributed by atoms with Crippen molar-refractivity contribution in [3.05, 3.63) is 98.5 Å². The van der Waals surface area contributed by atoms with Crippen molar-refractivity contribution in [3.8, 4) is 5.75 Å². The van der Waals surface area contributed by atoms with Crippen LogP contribution in [0.25, 0.3) is 0 Å². The number of carbonyl (C=O) groups excluding carboxylic acids is 2. The van der Waals surface area contributed by atoms with E-state index >= 15 is 0 Å². The smallest absolute Gasteiger partial charge is 0.261 e. The van der Waals surface area contributed by atoms with Crippen molar-refractivity contribution in [3.63, 3.8) is 0 Å². The zero-order valence-electron chi connectivity index (χ0n) is 22.6. The Morgan fingerprint density at radius 2 is 1.64 bits per heavy atom. The van der Waals surface area contributed by atoms with Gasteiger partial charge in [-0.2, -0.15) is 0 Å². The summed E-state index contributed by atoms with van der Waals surface area (Å²) in [6.07, 6.45) is 5.77. The Labute approximate surface area is 245 Å². The highest BCUT2D eigenvalue weighted by Gasteiger charge is 2.32. The predicted molar refractivity (Wildman–Crippen MR) is 160 cm³/mol. The van der Waals surface area contributed by atoms with Crippen molar-refractivity contribution >= 4 is 39.3 Å². The van der Waals surface area contributed by atoms with Crippen molar-refractivity contribution < 1.29 is 14.3 Å². The van der Waals surface area contributed by atoms with Gasteiger partial charge < -0.3 is 15.0 Å². The molecule has 1 saturated carbocycles. The Morgan fingerprint density at radius 3 is 2.31 bits per heavy atom. The monoisotopic (exact) mass is 610 g/mol. The van der Waals surface area contributed by atoms with Gasteiger partial charge in [-0.3, -0.25) is 9.59 Å². The molecule has 1 fully saturated rings. The molecule has 0 spiro atoms. The van der Waals surface area contributed by atoms with Crippen LogP contribution in [-0.4, -0.2) is 35.4 Å². The summed E-state index contributed by atoms with van der Waals surface area (Å²) in [5.41, 5.74) is 3.91. The molecule has 1 atom stereocenters. The summed E-state index contributed by atoms with van der Waals surface area (Å²) in [6, 6.07) is 20.5. The van der Waals surface area contributed by atoms with Gasteiger partial charge in [0.2, 0.25) is 5.91 Å². The number of rotatable bonds is 10. The second-order valence-corrected chi connectivity index (χ2v) is 11.6. The maximum absolute atomic E-state index is 13.8. The number of amides is 2. The third kappa shape index (κ3) is 8.33. The molecule has 0 aromatic heterocycles. The molecule has 0 heterocycles. The van der Waals surface area contributed by atoms with Gasteiger partial charge >= 0.3 is 0 Å². The minimum Gasteiger partial charge on any atom is -0.484 e. The molecule has 3 aromatic rings. The fourth-order valence-corrected chi connectivity index (χ4v) is 5.59. The third-order valence-electron chi connectivity index (χ3n) is 7.24. The average Bonchev–Trinajstić information content (AvgIpc) is 2.93. The number of benzene rings is 3. The van der Waals surface area contributed by atoms with E-state index < -0.39 is 6.04 Å². The van der Waals surface area contributed by atoms with E-state index in [1.807, 2.05) is 74.5 Å². The maximum atomic E-state index is 13.8. The van der Waals surface area contributed by atoms with Gasteiger partial charge in [-0.25, -0.2) is 0 Å². The molecule has 0 aliphatic heterocycles. The highest BCUT2D eigenvalue weighted by molar-refractivity contribution is 9.10. The average molecular weight is 612 g/mol. The standard InChI is InChI=1S/C32H36BrClN2O3/c1-22-16-28(17-23(2)31(22)33)39-21-30(37)36(20-25-12-9-13-26(34)18-25)29(19-24-10-5-3-6-11-24)32(38)35-27-14-7-4-8-15-27/h3,5-6,9-13,16-18,27,29H,4,7-8,14-15,19-21H2,1-2H3,(H,35,38). The summed E-state index contributed by atoms with van der Waals surface area (Å²) in [6.45, 7) is 4.05. The topological polar surface area (TPSA) is 58.6 Å². The lowest BCUT2D eigenvalue weighted by atomic mass is 9.94. The molecule has 1 aliphatic carbocycles. The molecule has 206 valence electrons. The summed E-state index contributed by atoms with van der Waals surface area (Å²) in [5.74, 6) is 0.236. The fourth-order valence-electron chi connectivity index (χ4n) is 5.15. The van der Waals surface area contributed by atoms with Crippen LogP contribution < -0.4 is 10.1 Å². The molecule has 4 rings (SSSR count). The highest BCUT2D eigenvalue weighted by Crippen LogP contribution is 2.27. The lowest BCUT2D eigenvalue weighted by Gasteiger charge is -2.33. The number of halogens is 2. The van der Waals surface area contributed by atoms with Gasteiger partial charge in [-0.1, -0.05) is 89.3 Å². The Bertz CT molecular complexity index is 1250. The van der Waals surface area contributed by atoms with Crippen molar-refractivity contribution in [2.24, 2.45) is 0 Å². The number of aryl methyl sites for hydroxylation is 2. The minimum absolute atomic E-state index is 0.128. The second-order valence-electron chi connectivity index (χ2n) is 10.4. The number of hydrogen-bond acceptors (Lipinski definition) is 3. The molecule has 39 heavy (non-hydrogen) atoms. The van der Waals surface area contributed by atoms with Gasteiger partial charge in [0.05, 0.1) is 0 Å². The minimum atomic E-state index is -0.696. The van der Waals surface area contributed by atoms with E-state index in [1.165, 1.54) is 6.42 Å². The zero-order chi connectivity index (χ0) is 27.8. The molecule has 1 unspecified atom stereocenters. The molecule has 2 amide bonds. The number of nitrogens with zero attached hydrogens (tertiary/aromatic N) is 1. The Hall–Kier alpha value is -2.83. The fraction of sp³-hybridized carbons (Fsp3) is 0.375. The molecule has 5 nitrogen and oxygen atoms in total. The molecule has 0 bridgehead atoms. The first-order valence-corrected chi connectivity index (χ1v) is 14.7. The largest absolute Gasteiger partial charge is 0.484 e. The Kier molecular flexibility index (Phi) is 10.5. The number of hydrogen-bond donors (Lipinski definition) is 1. The van der Waals surface area contributed by atoms with Crippen molar-refractivity contribution in [1.82, 2.24) is 10.2 Å². The van der Waals surface area contributed by atoms with Crippen molar-refractivity contribution in [1.29, 1.82) is 0 Å². The number of carbonyl (C=O) groups is 2. The van der Waals surface area contributed by atoms with Crippen LogP contribution in [0.1, 0.15) is 54.4 Å². The van der Waals surface area contributed by atoms with Crippen LogP contribution in [0.4, 0.5) is 0 Å². The van der Waals surface area contributed by atoms with Crippen LogP contribution in [0.5, 0.6) is 5.75 Å². The van der Waals surface area contributed by atoms with Crippen LogP contribution in [0.2, 0.25) is 5.02 Å². The van der Waals surface area contributed by atoms with Gasteiger partial charge in [0, 0.05) is 28.5 Å². The van der Waals surface area contributed by atoms with Crippen molar-refractivity contribution in [2.45, 2.75) is 71.0 Å². The summed E-state index contributed by atoms with van der Waals surface area (Å²) in [5, 5.41) is 3.85. The van der Waals surface area contributed by atoms with Gasteiger partial charge in [-0.15, -0.1) is 0 Å². The Balaban J connectivity index is 1.62. The molecule has 7 heteroatoms. The summed E-state index contributed by atoms with van der Waals surface area (Å²) in [4.78, 5) is 29.3. The molecule has 0 radical (unpaired) electrons. The van der Waals surface area contributed by atoms with Crippen molar-refractivity contribution in [2.75, 3.05) is 6.61 Å². The first kappa shape index (κ1) is 29.2. The number of ether oxygens (including phenoxy) is 1. The third-order valence-corrected chi connectivity index (χ3v) is 8.72. The molecule has 1 aliphatic rings. The van der Waals surface area contributed by atoms with E-state index in [0.29, 0.717) is 17.2 Å². The quantitative estimate of drug-likeness (QED) is 0.264. The van der Waals surface area contributed by atoms with E-state index in [4.69, 9.17) is 16.3 Å². The lowest BCUT2D eigenvalue weighted by molar-refractivity contribution is -0.143. The molecular formula is C32H36BrClN2O3. The van der Waals surface area contributed by atoms with E-state index in [0.717, 1.165) is 52.4 Å². The van der Waals surface area contributed by atoms with Gasteiger partial charge in [-0.05, 0) is 73.2 Å². The van der Waals surface area contributed by atoms with E-state index in [9.17, 15) is 9.59 Å². The van der Waals surface area contributed by atoms with Crippen LogP contribution >= 0.6 is 27.5 Å². The molecular weight excluding hydrogens is 576 g/mol. The molecule has 1 N–H and O–H groups in total. The molecule has 3 aromatic carbocycles. The normalized spacial score (nSPS) is 14.5. The number of nitrogens with one attached hydrogen (secondary N) is 1. The van der Waals surface area contributed by atoms with Crippen LogP contribution in [-0.2, 0) is 22.6 Å². The van der Waals surface area contributed by atoms with Crippen LogP contribution in [0, 0.1) is 13.8 Å². The first-order chi connectivity index (χ1) is 18.8. The van der Waals surface area contributed by atoms with Gasteiger partial charge in [0.25, 0.3) is 5.91 Å². The van der Waals surface area contributed by atoms with Gasteiger partial charge in [0.15, 0.2) is 6.61 Å². The Morgan fingerprint density at radius 1 is 0.974 bits per heavy atom. The summed E-state index contributed by atoms with van der Waals surface area (Å²) >= 11 is 9.86. The highest BCUT2D eigenvalue weighted by atomic mass is 79.9. The lowest BCUT2D eigenvalue weighted by Crippen LogP contribution is -2.53. The zero-order valence-corrected chi connectivity index (χ0v) is 24.9. The summed E-state index contributed by atoms with van der Waals surface area (Å²) < 4.78 is 7.01. The van der Waals surface area contributed by atoms with Crippen LogP contribution in [0.3, 0.4) is 0 Å². The van der Waals surface area contributed by atoms with E-state index in [2.05, 4.69) is 21.2 Å². The first-order valence-electron chi connectivity index (χ1n) is 13.6. The SMILES string of the molecule is Cc1cc(OCC(=O)N(Cc2cccc(Cl)c2)C(Cc2ccccc2)C(=O)NC2CCCCC2)cc(C)c1Br. The van der Waals surface area contributed by atoms with Gasteiger partial charge in [0.1, 0.15) is 11.8 Å². The predicted octanol–water partition coefficient (Wildman–Crippen LogP) is 7.19.